The van der Waals surface area contributed by atoms with E-state index in [-0.39, 0.29) is 5.82 Å². The molecule has 2 heterocycles. The first-order chi connectivity index (χ1) is 16.6. The second-order valence-electron chi connectivity index (χ2n) is 9.07. The van der Waals surface area contributed by atoms with Crippen molar-refractivity contribution in [2.45, 2.75) is 65.5 Å². The van der Waals surface area contributed by atoms with Crippen LogP contribution in [0.1, 0.15) is 64.5 Å². The second kappa shape index (κ2) is 14.2. The SMILES string of the molecule is CCCCCN(Cc1ccc2ccn(C3CCN(CC)CC3)c2c1)OCC.Fc1ccccc1. The van der Waals surface area contributed by atoms with Crippen LogP contribution < -0.4 is 0 Å². The Bertz CT molecular complexity index is 950. The fourth-order valence-electron chi connectivity index (χ4n) is 4.65. The van der Waals surface area contributed by atoms with Gasteiger partial charge in [0.1, 0.15) is 5.82 Å². The molecule has 0 bridgehead atoms. The Labute approximate surface area is 205 Å². The molecule has 0 amide bonds. The molecule has 34 heavy (non-hydrogen) atoms. The Morgan fingerprint density at radius 1 is 0.971 bits per heavy atom. The van der Waals surface area contributed by atoms with Gasteiger partial charge in [-0.25, -0.2) is 4.39 Å². The summed E-state index contributed by atoms with van der Waals surface area (Å²) in [6.07, 6.45) is 8.51. The molecular weight excluding hydrogens is 425 g/mol. The lowest BCUT2D eigenvalue weighted by Gasteiger charge is -2.32. The third-order valence-corrected chi connectivity index (χ3v) is 6.60. The van der Waals surface area contributed by atoms with Crippen LogP contribution in [0.2, 0.25) is 0 Å². The molecule has 3 aromatic rings. The van der Waals surface area contributed by atoms with Crippen molar-refractivity contribution >= 4 is 10.9 Å². The van der Waals surface area contributed by atoms with Gasteiger partial charge in [0, 0.05) is 43.9 Å². The summed E-state index contributed by atoms with van der Waals surface area (Å²) in [6.45, 7) is 12.8. The van der Waals surface area contributed by atoms with E-state index in [0.717, 1.165) is 19.7 Å². The minimum atomic E-state index is -0.178. The first kappa shape index (κ1) is 26.4. The molecule has 0 N–H and O–H groups in total. The van der Waals surface area contributed by atoms with Crippen molar-refractivity contribution < 1.29 is 9.23 Å². The number of aromatic nitrogens is 1. The first-order valence-corrected chi connectivity index (χ1v) is 13.0. The van der Waals surface area contributed by atoms with Crippen LogP contribution in [-0.4, -0.2) is 47.3 Å². The van der Waals surface area contributed by atoms with E-state index in [0.29, 0.717) is 6.04 Å². The van der Waals surface area contributed by atoms with E-state index in [4.69, 9.17) is 4.84 Å². The van der Waals surface area contributed by atoms with Crippen LogP contribution in [0, 0.1) is 5.82 Å². The molecule has 186 valence electrons. The standard InChI is InChI=1S/C23H37N3O.C6H5F/c1-4-7-8-14-25(27-6-3)19-20-9-10-21-11-17-26(23(21)18-20)22-12-15-24(5-2)16-13-22;7-6-4-2-1-3-5-6/h9-11,17-18,22H,4-8,12-16,19H2,1-3H3;1-5H. The average molecular weight is 468 g/mol. The van der Waals surface area contributed by atoms with Crippen LogP contribution >= 0.6 is 0 Å². The predicted molar refractivity (Wildman–Crippen MR) is 140 cm³/mol. The maximum atomic E-state index is 11.9. The van der Waals surface area contributed by atoms with E-state index < -0.39 is 0 Å². The second-order valence-corrected chi connectivity index (χ2v) is 9.07. The minimum absolute atomic E-state index is 0.178. The number of piperidine rings is 1. The third-order valence-electron chi connectivity index (χ3n) is 6.60. The van der Waals surface area contributed by atoms with Crippen molar-refractivity contribution in [3.05, 3.63) is 72.2 Å². The number of likely N-dealkylation sites (tertiary alicyclic amines) is 1. The number of hydrogen-bond acceptors (Lipinski definition) is 3. The summed E-state index contributed by atoms with van der Waals surface area (Å²) in [5.74, 6) is -0.178. The normalized spacial score (nSPS) is 15.0. The summed E-state index contributed by atoms with van der Waals surface area (Å²) >= 11 is 0. The van der Waals surface area contributed by atoms with E-state index in [9.17, 15) is 4.39 Å². The largest absolute Gasteiger partial charge is 0.344 e. The van der Waals surface area contributed by atoms with E-state index in [2.05, 4.69) is 65.8 Å². The number of rotatable bonds is 10. The van der Waals surface area contributed by atoms with Gasteiger partial charge in [0.2, 0.25) is 0 Å². The molecule has 1 aromatic heterocycles. The van der Waals surface area contributed by atoms with Gasteiger partial charge in [-0.15, -0.1) is 0 Å². The van der Waals surface area contributed by atoms with Crippen molar-refractivity contribution in [3.63, 3.8) is 0 Å². The fraction of sp³-hybridized carbons (Fsp3) is 0.517. The molecule has 0 unspecified atom stereocenters. The molecule has 5 heteroatoms. The quantitative estimate of drug-likeness (QED) is 0.235. The Kier molecular flexibility index (Phi) is 11.1. The molecule has 0 aliphatic carbocycles. The van der Waals surface area contributed by atoms with Gasteiger partial charge in [-0.3, -0.25) is 4.84 Å². The lowest BCUT2D eigenvalue weighted by Crippen LogP contribution is -2.34. The van der Waals surface area contributed by atoms with Crippen LogP contribution in [0.5, 0.6) is 0 Å². The number of hydrogen-bond donors (Lipinski definition) is 0. The zero-order chi connectivity index (χ0) is 24.2. The molecule has 0 spiro atoms. The van der Waals surface area contributed by atoms with Gasteiger partial charge in [0.15, 0.2) is 0 Å². The van der Waals surface area contributed by atoms with Gasteiger partial charge < -0.3 is 9.47 Å². The van der Waals surface area contributed by atoms with Gasteiger partial charge in [-0.1, -0.05) is 57.0 Å². The lowest BCUT2D eigenvalue weighted by molar-refractivity contribution is -0.162. The van der Waals surface area contributed by atoms with Crippen molar-refractivity contribution in [2.24, 2.45) is 0 Å². The van der Waals surface area contributed by atoms with Gasteiger partial charge >= 0.3 is 0 Å². The van der Waals surface area contributed by atoms with E-state index in [1.165, 1.54) is 80.3 Å². The lowest BCUT2D eigenvalue weighted by atomic mass is 10.0. The topological polar surface area (TPSA) is 20.6 Å². The summed E-state index contributed by atoms with van der Waals surface area (Å²) < 4.78 is 14.4. The number of benzene rings is 2. The van der Waals surface area contributed by atoms with Gasteiger partial charge in [-0.2, -0.15) is 5.06 Å². The zero-order valence-corrected chi connectivity index (χ0v) is 21.3. The van der Waals surface area contributed by atoms with Crippen LogP contribution in [0.15, 0.2) is 60.8 Å². The highest BCUT2D eigenvalue weighted by molar-refractivity contribution is 5.81. The van der Waals surface area contributed by atoms with Gasteiger partial charge in [0.25, 0.3) is 0 Å². The summed E-state index contributed by atoms with van der Waals surface area (Å²) in [5.41, 5.74) is 2.73. The van der Waals surface area contributed by atoms with Gasteiger partial charge in [0.05, 0.1) is 6.61 Å². The fourth-order valence-corrected chi connectivity index (χ4v) is 4.65. The average Bonchev–Trinajstić information content (AvgIpc) is 3.28. The summed E-state index contributed by atoms with van der Waals surface area (Å²) in [5, 5.41) is 3.50. The third kappa shape index (κ3) is 7.93. The molecule has 4 rings (SSSR count). The van der Waals surface area contributed by atoms with Crippen LogP contribution in [0.25, 0.3) is 10.9 Å². The highest BCUT2D eigenvalue weighted by Crippen LogP contribution is 2.28. The molecular formula is C29H42FN3O. The number of nitrogens with zero attached hydrogens (tertiary/aromatic N) is 3. The van der Waals surface area contributed by atoms with Crippen molar-refractivity contribution in [3.8, 4) is 0 Å². The molecule has 2 aromatic carbocycles. The van der Waals surface area contributed by atoms with Crippen LogP contribution in [0.4, 0.5) is 4.39 Å². The van der Waals surface area contributed by atoms with E-state index in [1.807, 2.05) is 0 Å². The highest BCUT2D eigenvalue weighted by Gasteiger charge is 2.20. The molecule has 1 aliphatic heterocycles. The Morgan fingerprint density at radius 3 is 2.35 bits per heavy atom. The Morgan fingerprint density at radius 2 is 1.74 bits per heavy atom. The number of hydroxylamine groups is 2. The van der Waals surface area contributed by atoms with E-state index in [1.54, 1.807) is 18.2 Å². The van der Waals surface area contributed by atoms with Crippen molar-refractivity contribution in [1.29, 1.82) is 0 Å². The maximum Gasteiger partial charge on any atom is 0.123 e. The van der Waals surface area contributed by atoms with Crippen molar-refractivity contribution in [1.82, 2.24) is 14.5 Å². The smallest absolute Gasteiger partial charge is 0.123 e. The van der Waals surface area contributed by atoms with Crippen LogP contribution in [-0.2, 0) is 11.4 Å². The molecule has 0 radical (unpaired) electrons. The maximum absolute atomic E-state index is 11.9. The molecule has 0 saturated carbocycles. The van der Waals surface area contributed by atoms with Gasteiger partial charge in [-0.05, 0) is 67.9 Å². The highest BCUT2D eigenvalue weighted by atomic mass is 19.1. The summed E-state index contributed by atoms with van der Waals surface area (Å²) in [4.78, 5) is 8.44. The number of fused-ring (bicyclic) bond motifs is 1. The minimum Gasteiger partial charge on any atom is -0.344 e. The van der Waals surface area contributed by atoms with Crippen LogP contribution in [0.3, 0.4) is 0 Å². The monoisotopic (exact) mass is 467 g/mol. The zero-order valence-electron chi connectivity index (χ0n) is 21.3. The molecule has 0 atom stereocenters. The Balaban J connectivity index is 0.000000396. The number of unbranched alkanes of at least 4 members (excludes halogenated alkanes) is 2. The predicted octanol–water partition coefficient (Wildman–Crippen LogP) is 7.07. The molecule has 4 nitrogen and oxygen atoms in total. The Hall–Kier alpha value is -2.21. The molecule has 1 fully saturated rings. The molecule has 1 aliphatic rings. The first-order valence-electron chi connectivity index (χ1n) is 13.0. The molecule has 1 saturated heterocycles. The van der Waals surface area contributed by atoms with Crippen molar-refractivity contribution in [2.75, 3.05) is 32.8 Å². The van der Waals surface area contributed by atoms with E-state index >= 15 is 0 Å². The summed E-state index contributed by atoms with van der Waals surface area (Å²) in [7, 11) is 0. The summed E-state index contributed by atoms with van der Waals surface area (Å²) in [6, 6.07) is 17.8. The number of halogens is 1.